The molecule has 142 valence electrons. The normalized spacial score (nSPS) is 18.1. The van der Waals surface area contributed by atoms with Gasteiger partial charge in [0.15, 0.2) is 0 Å². The van der Waals surface area contributed by atoms with E-state index in [1.807, 2.05) is 0 Å². The molecule has 1 aromatic heterocycles. The maximum atomic E-state index is 13.7. The first-order valence-corrected chi connectivity index (χ1v) is 7.99. The van der Waals surface area contributed by atoms with Gasteiger partial charge in [0.25, 0.3) is 11.8 Å². The van der Waals surface area contributed by atoms with Gasteiger partial charge in [-0.05, 0) is 24.3 Å². The van der Waals surface area contributed by atoms with Gasteiger partial charge in [-0.15, -0.1) is 0 Å². The van der Waals surface area contributed by atoms with Crippen LogP contribution < -0.4 is 10.3 Å². The lowest BCUT2D eigenvalue weighted by atomic mass is 10.1. The number of benzene rings is 1. The summed E-state index contributed by atoms with van der Waals surface area (Å²) in [5.41, 5.74) is 0.388. The first kappa shape index (κ1) is 18.4. The van der Waals surface area contributed by atoms with E-state index in [4.69, 9.17) is 5.11 Å². The molecule has 1 aliphatic rings. The van der Waals surface area contributed by atoms with Crippen molar-refractivity contribution in [1.29, 1.82) is 0 Å². The number of urea groups is 1. The third-order valence-corrected chi connectivity index (χ3v) is 4.05. The predicted octanol–water partition coefficient (Wildman–Crippen LogP) is 2.57. The highest BCUT2D eigenvalue weighted by Gasteiger charge is 2.52. The van der Waals surface area contributed by atoms with Gasteiger partial charge in [-0.25, -0.2) is 18.4 Å². The number of likely N-dealkylation sites (tertiary alicyclic amines) is 1. The number of aromatic nitrogens is 1. The van der Waals surface area contributed by atoms with Crippen molar-refractivity contribution in [3.63, 3.8) is 0 Å². The number of alkyl halides is 2. The Morgan fingerprint density at radius 1 is 1.11 bits per heavy atom. The molecule has 3 rings (SSSR count). The fraction of sp³-hybridized carbons (Fsp3) is 0.235. The zero-order valence-electron chi connectivity index (χ0n) is 14.0. The summed E-state index contributed by atoms with van der Waals surface area (Å²) < 4.78 is 28.6. The average Bonchev–Trinajstić information content (AvgIpc) is 3.23. The Kier molecular flexibility index (Phi) is 4.80. The lowest BCUT2D eigenvalue weighted by Gasteiger charge is -2.27. The molecule has 4 amide bonds. The van der Waals surface area contributed by atoms with E-state index in [0.717, 1.165) is 4.68 Å². The summed E-state index contributed by atoms with van der Waals surface area (Å²) in [6.45, 7) is -1.10. The minimum Gasteiger partial charge on any atom is -0.465 e. The number of halogens is 2. The van der Waals surface area contributed by atoms with Crippen molar-refractivity contribution in [3.8, 4) is 0 Å². The molecular formula is C17H16F2N4O4. The second-order valence-electron chi connectivity index (χ2n) is 6.00. The van der Waals surface area contributed by atoms with Crippen LogP contribution in [0.5, 0.6) is 0 Å². The zero-order chi connectivity index (χ0) is 19.6. The molecule has 27 heavy (non-hydrogen) atoms. The Labute approximate surface area is 152 Å². The standard InChI is InChI=1S/C17H16F2N4O4/c18-17(19)10-13(22(11-17)16(26)27)14(24)23(21-8-4-5-9-21)15(25)20-12-6-2-1-3-7-12/h1-9,13H,10-11H2,(H,20,25)(H,26,27). The van der Waals surface area contributed by atoms with Gasteiger partial charge in [-0.1, -0.05) is 18.2 Å². The van der Waals surface area contributed by atoms with Crippen LogP contribution in [0, 0.1) is 0 Å². The number of para-hydroxylation sites is 1. The smallest absolute Gasteiger partial charge is 0.408 e. The van der Waals surface area contributed by atoms with Crippen molar-refractivity contribution in [2.45, 2.75) is 18.4 Å². The summed E-state index contributed by atoms with van der Waals surface area (Å²) in [7, 11) is 0. The van der Waals surface area contributed by atoms with E-state index >= 15 is 0 Å². The molecule has 0 aliphatic carbocycles. The maximum absolute atomic E-state index is 13.7. The summed E-state index contributed by atoms with van der Waals surface area (Å²) >= 11 is 0. The first-order valence-electron chi connectivity index (χ1n) is 7.99. The average molecular weight is 378 g/mol. The predicted molar refractivity (Wildman–Crippen MR) is 91.2 cm³/mol. The highest BCUT2D eigenvalue weighted by molar-refractivity contribution is 6.14. The quantitative estimate of drug-likeness (QED) is 0.858. The van der Waals surface area contributed by atoms with E-state index in [1.54, 1.807) is 30.3 Å². The highest BCUT2D eigenvalue weighted by atomic mass is 19.3. The Morgan fingerprint density at radius 2 is 1.74 bits per heavy atom. The van der Waals surface area contributed by atoms with Crippen LogP contribution in [0.25, 0.3) is 0 Å². The number of nitrogens with one attached hydrogen (secondary N) is 1. The third-order valence-electron chi connectivity index (χ3n) is 4.05. The molecule has 0 radical (unpaired) electrons. The molecule has 1 unspecified atom stereocenters. The fourth-order valence-electron chi connectivity index (χ4n) is 2.86. The summed E-state index contributed by atoms with van der Waals surface area (Å²) in [4.78, 5) is 37.2. The maximum Gasteiger partial charge on any atom is 0.408 e. The van der Waals surface area contributed by atoms with E-state index in [9.17, 15) is 23.2 Å². The molecule has 2 N–H and O–H groups in total. The summed E-state index contributed by atoms with van der Waals surface area (Å²) in [6.07, 6.45) is 0.108. The third kappa shape index (κ3) is 3.89. The number of amides is 4. The Hall–Kier alpha value is -3.43. The Balaban J connectivity index is 1.90. The van der Waals surface area contributed by atoms with Crippen molar-refractivity contribution in [1.82, 2.24) is 9.58 Å². The molecule has 1 atom stereocenters. The molecule has 8 nitrogen and oxygen atoms in total. The van der Waals surface area contributed by atoms with E-state index in [2.05, 4.69) is 5.32 Å². The monoisotopic (exact) mass is 378 g/mol. The molecule has 10 heteroatoms. The van der Waals surface area contributed by atoms with Gasteiger partial charge in [0, 0.05) is 24.5 Å². The second-order valence-corrected chi connectivity index (χ2v) is 6.00. The number of hydrogen-bond donors (Lipinski definition) is 2. The van der Waals surface area contributed by atoms with Crippen LogP contribution >= 0.6 is 0 Å². The number of carboxylic acid groups (broad SMARTS) is 1. The lowest BCUT2D eigenvalue weighted by Crippen LogP contribution is -2.55. The molecule has 0 bridgehead atoms. The molecule has 1 saturated heterocycles. The molecule has 0 spiro atoms. The Morgan fingerprint density at radius 3 is 2.33 bits per heavy atom. The van der Waals surface area contributed by atoms with Crippen molar-refractivity contribution in [2.24, 2.45) is 0 Å². The molecule has 1 aromatic carbocycles. The number of imide groups is 1. The van der Waals surface area contributed by atoms with Crippen molar-refractivity contribution >= 4 is 23.7 Å². The number of rotatable bonds is 3. The van der Waals surface area contributed by atoms with Gasteiger partial charge in [0.05, 0.1) is 6.54 Å². The van der Waals surface area contributed by atoms with Crippen LogP contribution in [0.4, 0.5) is 24.1 Å². The summed E-state index contributed by atoms with van der Waals surface area (Å²) in [5, 5.41) is 12.3. The molecule has 2 aromatic rings. The van der Waals surface area contributed by atoms with Crippen molar-refractivity contribution in [2.75, 3.05) is 16.9 Å². The van der Waals surface area contributed by atoms with Gasteiger partial charge >= 0.3 is 12.1 Å². The van der Waals surface area contributed by atoms with Gasteiger partial charge < -0.3 is 10.4 Å². The molecule has 0 saturated carbocycles. The van der Waals surface area contributed by atoms with Gasteiger partial charge in [0.2, 0.25) is 0 Å². The van der Waals surface area contributed by atoms with Crippen LogP contribution in [0.15, 0.2) is 54.9 Å². The largest absolute Gasteiger partial charge is 0.465 e. The van der Waals surface area contributed by atoms with Gasteiger partial charge in [-0.2, -0.15) is 5.01 Å². The first-order chi connectivity index (χ1) is 12.8. The fourth-order valence-corrected chi connectivity index (χ4v) is 2.86. The van der Waals surface area contributed by atoms with Crippen LogP contribution in [-0.2, 0) is 4.79 Å². The van der Waals surface area contributed by atoms with Crippen LogP contribution in [-0.4, -0.2) is 51.2 Å². The number of carbonyl (C=O) groups excluding carboxylic acids is 2. The zero-order valence-corrected chi connectivity index (χ0v) is 14.0. The van der Waals surface area contributed by atoms with E-state index < -0.39 is 43.0 Å². The number of hydrogen-bond acceptors (Lipinski definition) is 3. The summed E-state index contributed by atoms with van der Waals surface area (Å²) in [5.74, 6) is -4.42. The minimum absolute atomic E-state index is 0.356. The van der Waals surface area contributed by atoms with Crippen molar-refractivity contribution < 1.29 is 28.3 Å². The molecule has 1 aliphatic heterocycles. The van der Waals surface area contributed by atoms with Crippen LogP contribution in [0.2, 0.25) is 0 Å². The molecule has 1 fully saturated rings. The number of carbonyl (C=O) groups is 3. The highest BCUT2D eigenvalue weighted by Crippen LogP contribution is 2.33. The molecular weight excluding hydrogens is 362 g/mol. The number of anilines is 1. The minimum atomic E-state index is -3.35. The topological polar surface area (TPSA) is 94.9 Å². The number of nitrogens with zero attached hydrogens (tertiary/aromatic N) is 3. The van der Waals surface area contributed by atoms with E-state index in [1.165, 1.54) is 24.5 Å². The molecule has 2 heterocycles. The van der Waals surface area contributed by atoms with Gasteiger partial charge in [0.1, 0.15) is 6.04 Å². The second kappa shape index (κ2) is 7.06. The van der Waals surface area contributed by atoms with Crippen molar-refractivity contribution in [3.05, 3.63) is 54.9 Å². The van der Waals surface area contributed by atoms with E-state index in [-0.39, 0.29) is 0 Å². The van der Waals surface area contributed by atoms with Crippen LogP contribution in [0.1, 0.15) is 6.42 Å². The van der Waals surface area contributed by atoms with Gasteiger partial charge in [-0.3, -0.25) is 14.4 Å². The summed E-state index contributed by atoms with van der Waals surface area (Å²) in [6, 6.07) is 8.73. The van der Waals surface area contributed by atoms with E-state index in [0.29, 0.717) is 15.6 Å². The Bertz CT molecular complexity index is 842. The lowest BCUT2D eigenvalue weighted by molar-refractivity contribution is -0.123. The van der Waals surface area contributed by atoms with Crippen LogP contribution in [0.3, 0.4) is 0 Å². The SMILES string of the molecule is O=C(O)N1CC(F)(F)CC1C(=O)N(C(=O)Nc1ccccc1)n1cccc1.